The van der Waals surface area contributed by atoms with E-state index in [1.165, 1.54) is 12.3 Å². The molecule has 144 valence electrons. The number of nitrogens with one attached hydrogen (secondary N) is 1. The average Bonchev–Trinajstić information content (AvgIpc) is 3.22. The Morgan fingerprint density at radius 2 is 2.00 bits per heavy atom. The molecule has 1 aromatic carbocycles. The summed E-state index contributed by atoms with van der Waals surface area (Å²) in [5.74, 6) is -1.19. The first-order chi connectivity index (χ1) is 13.2. The fourth-order valence-electron chi connectivity index (χ4n) is 3.02. The number of hydrogen-bond donors (Lipinski definition) is 1. The van der Waals surface area contributed by atoms with Crippen molar-refractivity contribution in [2.45, 2.75) is 19.5 Å². The maximum Gasteiger partial charge on any atom is 0.471 e. The fraction of sp³-hybridized carbons (Fsp3) is 0.222. The van der Waals surface area contributed by atoms with Crippen LogP contribution in [0.1, 0.15) is 22.8 Å². The molecule has 0 atom stereocenters. The van der Waals surface area contributed by atoms with Crippen LogP contribution in [0.3, 0.4) is 0 Å². The Balaban J connectivity index is 1.80. The van der Waals surface area contributed by atoms with Gasteiger partial charge in [0.25, 0.3) is 5.56 Å². The summed E-state index contributed by atoms with van der Waals surface area (Å²) in [4.78, 5) is 22.9. The smallest absolute Gasteiger partial charge is 0.331 e. The van der Waals surface area contributed by atoms with Crippen molar-refractivity contribution >= 4 is 11.0 Å². The number of H-pyrrole nitrogens is 1. The van der Waals surface area contributed by atoms with Crippen LogP contribution in [-0.2, 0) is 19.6 Å². The summed E-state index contributed by atoms with van der Waals surface area (Å²) in [6.45, 7) is 1.95. The maximum atomic E-state index is 12.8. The van der Waals surface area contributed by atoms with E-state index in [-0.39, 0.29) is 23.4 Å². The molecular formula is C18H14F3N5O2. The van der Waals surface area contributed by atoms with E-state index < -0.39 is 17.6 Å². The molecular weight excluding hydrogens is 375 g/mol. The molecule has 7 nitrogen and oxygen atoms in total. The van der Waals surface area contributed by atoms with E-state index in [0.717, 1.165) is 16.6 Å². The van der Waals surface area contributed by atoms with Gasteiger partial charge in [-0.1, -0.05) is 11.2 Å². The first kappa shape index (κ1) is 18.0. The predicted molar refractivity (Wildman–Crippen MR) is 93.6 cm³/mol. The number of aromatic nitrogens is 5. The van der Waals surface area contributed by atoms with Crippen LogP contribution < -0.4 is 5.56 Å². The molecule has 28 heavy (non-hydrogen) atoms. The van der Waals surface area contributed by atoms with E-state index in [4.69, 9.17) is 0 Å². The lowest BCUT2D eigenvalue weighted by Gasteiger charge is -2.06. The van der Waals surface area contributed by atoms with Gasteiger partial charge in [0, 0.05) is 30.8 Å². The summed E-state index contributed by atoms with van der Waals surface area (Å²) >= 11 is 0. The molecule has 0 unspecified atom stereocenters. The summed E-state index contributed by atoms with van der Waals surface area (Å²) in [6, 6.07) is 7.23. The molecule has 0 saturated carbocycles. The van der Waals surface area contributed by atoms with Crippen molar-refractivity contribution in [3.05, 3.63) is 63.7 Å². The predicted octanol–water partition coefficient (Wildman–Crippen LogP) is 3.23. The van der Waals surface area contributed by atoms with Crippen molar-refractivity contribution in [1.29, 1.82) is 0 Å². The van der Waals surface area contributed by atoms with Crippen LogP contribution in [0, 0.1) is 6.92 Å². The Morgan fingerprint density at radius 3 is 2.71 bits per heavy atom. The third kappa shape index (κ3) is 3.06. The van der Waals surface area contributed by atoms with Gasteiger partial charge in [0.05, 0.1) is 11.0 Å². The lowest BCUT2D eigenvalue weighted by Crippen LogP contribution is -2.16. The number of nitrogens with zero attached hydrogens (tertiary/aromatic N) is 4. The van der Waals surface area contributed by atoms with Crippen LogP contribution in [0.15, 0.2) is 39.8 Å². The minimum Gasteiger partial charge on any atom is -0.331 e. The number of fused-ring (bicyclic) bond motifs is 1. The summed E-state index contributed by atoms with van der Waals surface area (Å²) in [5, 5.41) is 3.39. The van der Waals surface area contributed by atoms with Gasteiger partial charge in [-0.25, -0.2) is 4.98 Å². The van der Waals surface area contributed by atoms with Crippen molar-refractivity contribution in [3.63, 3.8) is 0 Å². The Bertz CT molecular complexity index is 1240. The number of pyridine rings is 1. The number of aromatic amines is 1. The van der Waals surface area contributed by atoms with E-state index in [0.29, 0.717) is 5.82 Å². The van der Waals surface area contributed by atoms with Crippen LogP contribution in [0.25, 0.3) is 22.4 Å². The number of benzene rings is 1. The van der Waals surface area contributed by atoms with Gasteiger partial charge in [-0.2, -0.15) is 18.2 Å². The normalized spacial score (nSPS) is 12.0. The second-order valence-corrected chi connectivity index (χ2v) is 6.38. The molecule has 0 radical (unpaired) electrons. The Morgan fingerprint density at radius 1 is 1.21 bits per heavy atom. The number of halogens is 3. The molecule has 0 aliphatic carbocycles. The Labute approximate surface area is 155 Å². The summed E-state index contributed by atoms with van der Waals surface area (Å²) in [7, 11) is 1.81. The van der Waals surface area contributed by atoms with Crippen molar-refractivity contribution in [1.82, 2.24) is 24.7 Å². The van der Waals surface area contributed by atoms with Crippen LogP contribution in [-0.4, -0.2) is 24.7 Å². The van der Waals surface area contributed by atoms with Crippen molar-refractivity contribution in [3.8, 4) is 11.4 Å². The number of rotatable bonds is 3. The van der Waals surface area contributed by atoms with E-state index in [9.17, 15) is 18.0 Å². The van der Waals surface area contributed by atoms with E-state index in [2.05, 4.69) is 24.6 Å². The number of hydrogen-bond acceptors (Lipinski definition) is 5. The van der Waals surface area contributed by atoms with Gasteiger partial charge in [-0.3, -0.25) is 4.79 Å². The van der Waals surface area contributed by atoms with Gasteiger partial charge in [0.2, 0.25) is 5.82 Å². The van der Waals surface area contributed by atoms with E-state index in [1.54, 1.807) is 0 Å². The molecule has 0 spiro atoms. The van der Waals surface area contributed by atoms with Gasteiger partial charge in [-0.15, -0.1) is 0 Å². The highest BCUT2D eigenvalue weighted by atomic mass is 19.4. The zero-order valence-corrected chi connectivity index (χ0v) is 14.8. The largest absolute Gasteiger partial charge is 0.471 e. The molecule has 10 heteroatoms. The summed E-state index contributed by atoms with van der Waals surface area (Å²) < 4.78 is 44.4. The van der Waals surface area contributed by atoms with Gasteiger partial charge in [0.15, 0.2) is 0 Å². The van der Waals surface area contributed by atoms with Crippen LogP contribution >= 0.6 is 0 Å². The molecule has 3 aromatic heterocycles. The van der Waals surface area contributed by atoms with E-state index >= 15 is 0 Å². The molecule has 3 heterocycles. The number of aryl methyl sites for hydroxylation is 2. The molecule has 0 amide bonds. The highest BCUT2D eigenvalue weighted by Gasteiger charge is 2.38. The second kappa shape index (κ2) is 6.32. The quantitative estimate of drug-likeness (QED) is 0.581. The molecule has 4 rings (SSSR count). The average molecular weight is 389 g/mol. The van der Waals surface area contributed by atoms with Gasteiger partial charge >= 0.3 is 12.1 Å². The third-order valence-electron chi connectivity index (χ3n) is 4.44. The Hall–Kier alpha value is -3.43. The third-order valence-corrected chi connectivity index (χ3v) is 4.44. The molecule has 0 aliphatic rings. The van der Waals surface area contributed by atoms with Crippen molar-refractivity contribution < 1.29 is 17.7 Å². The van der Waals surface area contributed by atoms with Gasteiger partial charge in [-0.05, 0) is 30.7 Å². The SMILES string of the molecule is Cc1ccc2c(c1)nc(Cc1c(-c3noc(C(F)(F)F)n3)cc[nH]c1=O)n2C. The summed E-state index contributed by atoms with van der Waals surface area (Å²) in [6.07, 6.45) is -3.35. The summed E-state index contributed by atoms with van der Waals surface area (Å²) in [5.41, 5.74) is 2.60. The first-order valence-corrected chi connectivity index (χ1v) is 8.28. The minimum atomic E-state index is -4.76. The first-order valence-electron chi connectivity index (χ1n) is 8.28. The highest BCUT2D eigenvalue weighted by Crippen LogP contribution is 2.30. The van der Waals surface area contributed by atoms with Gasteiger partial charge < -0.3 is 14.1 Å². The fourth-order valence-corrected chi connectivity index (χ4v) is 3.02. The second-order valence-electron chi connectivity index (χ2n) is 6.38. The molecule has 1 N–H and O–H groups in total. The van der Waals surface area contributed by atoms with E-state index in [1.807, 2.05) is 36.7 Å². The lowest BCUT2D eigenvalue weighted by atomic mass is 10.1. The molecule has 0 bridgehead atoms. The topological polar surface area (TPSA) is 89.6 Å². The molecule has 0 aliphatic heterocycles. The number of alkyl halides is 3. The number of imidazole rings is 1. The zero-order chi connectivity index (χ0) is 20.1. The lowest BCUT2D eigenvalue weighted by molar-refractivity contribution is -0.159. The maximum absolute atomic E-state index is 12.8. The van der Waals surface area contributed by atoms with Crippen molar-refractivity contribution in [2.24, 2.45) is 7.05 Å². The highest BCUT2D eigenvalue weighted by molar-refractivity contribution is 5.77. The minimum absolute atomic E-state index is 0.0889. The van der Waals surface area contributed by atoms with Crippen molar-refractivity contribution in [2.75, 3.05) is 0 Å². The van der Waals surface area contributed by atoms with Crippen LogP contribution in [0.2, 0.25) is 0 Å². The van der Waals surface area contributed by atoms with Crippen LogP contribution in [0.5, 0.6) is 0 Å². The van der Waals surface area contributed by atoms with Crippen LogP contribution in [0.4, 0.5) is 13.2 Å². The molecule has 4 aromatic rings. The Kier molecular flexibility index (Phi) is 4.06. The standard InChI is InChI=1S/C18H14F3N5O2/c1-9-3-4-13-12(7-9)23-14(26(13)2)8-11-10(5-6-22-16(11)27)15-24-17(28-25-15)18(19,20)21/h3-7H,8H2,1-2H3,(H,22,27). The monoisotopic (exact) mass is 389 g/mol. The zero-order valence-electron chi connectivity index (χ0n) is 14.8. The molecule has 0 saturated heterocycles. The molecule has 0 fully saturated rings. The van der Waals surface area contributed by atoms with Gasteiger partial charge in [0.1, 0.15) is 5.82 Å².